The van der Waals surface area contributed by atoms with Crippen LogP contribution < -0.4 is 0 Å². The fraction of sp³-hybridized carbons (Fsp3) is 0.778. The monoisotopic (exact) mass is 230 g/mol. The highest BCUT2D eigenvalue weighted by molar-refractivity contribution is 5.16. The zero-order chi connectivity index (χ0) is 11.4. The van der Waals surface area contributed by atoms with Gasteiger partial charge in [0.1, 0.15) is 0 Å². The van der Waals surface area contributed by atoms with E-state index in [9.17, 15) is 26.3 Å². The summed E-state index contributed by atoms with van der Waals surface area (Å²) in [5.74, 6) is -6.46. The maximum absolute atomic E-state index is 12.5. The summed E-state index contributed by atoms with van der Waals surface area (Å²) in [6.07, 6.45) is -7.00. The van der Waals surface area contributed by atoms with E-state index < -0.39 is 36.0 Å². The van der Waals surface area contributed by atoms with Crippen molar-refractivity contribution in [3.05, 3.63) is 12.2 Å². The molecular formula is C9H8F6. The lowest BCUT2D eigenvalue weighted by molar-refractivity contribution is -0.256. The van der Waals surface area contributed by atoms with Gasteiger partial charge in [-0.25, -0.2) is 0 Å². The van der Waals surface area contributed by atoms with Crippen molar-refractivity contribution in [1.82, 2.24) is 0 Å². The largest absolute Gasteiger partial charge is 0.393 e. The van der Waals surface area contributed by atoms with E-state index in [-0.39, 0.29) is 6.42 Å². The maximum atomic E-state index is 12.5. The van der Waals surface area contributed by atoms with Gasteiger partial charge in [-0.2, -0.15) is 26.3 Å². The van der Waals surface area contributed by atoms with Gasteiger partial charge in [-0.1, -0.05) is 12.2 Å². The Morgan fingerprint density at radius 3 is 1.33 bits per heavy atom. The lowest BCUT2D eigenvalue weighted by atomic mass is 9.82. The molecule has 1 fully saturated rings. The summed E-state index contributed by atoms with van der Waals surface area (Å²) in [5, 5.41) is 0. The molecular weight excluding hydrogens is 222 g/mol. The Bertz CT molecular complexity index is 258. The van der Waals surface area contributed by atoms with Crippen LogP contribution in [0.3, 0.4) is 0 Å². The molecule has 0 radical (unpaired) electrons. The Morgan fingerprint density at radius 2 is 1.07 bits per heavy atom. The molecule has 0 heterocycles. The average molecular weight is 230 g/mol. The normalized spacial score (nSPS) is 40.1. The maximum Gasteiger partial charge on any atom is 0.393 e. The summed E-state index contributed by atoms with van der Waals surface area (Å²) in [4.78, 5) is 0. The minimum absolute atomic E-state index is 0.0195. The summed E-state index contributed by atoms with van der Waals surface area (Å²) in [7, 11) is 0. The van der Waals surface area contributed by atoms with Gasteiger partial charge in [0.2, 0.25) is 0 Å². The van der Waals surface area contributed by atoms with Crippen LogP contribution in [0.4, 0.5) is 26.3 Å². The number of hydrogen-bond donors (Lipinski definition) is 0. The minimum Gasteiger partial charge on any atom is -0.171 e. The molecule has 0 aromatic heterocycles. The predicted octanol–water partition coefficient (Wildman–Crippen LogP) is 3.55. The predicted molar refractivity (Wildman–Crippen MR) is 39.8 cm³/mol. The molecule has 2 aliphatic carbocycles. The van der Waals surface area contributed by atoms with E-state index in [0.717, 1.165) is 0 Å². The first kappa shape index (κ1) is 10.8. The standard InChI is InChI=1S/C9H8F6/c10-8(11,12)6-4-1-2-5(3-4)7(6)9(13,14)15/h1-2,4-7H,3H2/t4-,5-,6-,7+/m1/s1. The molecule has 0 nitrogen and oxygen atoms in total. The van der Waals surface area contributed by atoms with Crippen molar-refractivity contribution in [3.8, 4) is 0 Å². The van der Waals surface area contributed by atoms with Gasteiger partial charge in [0.25, 0.3) is 0 Å². The van der Waals surface area contributed by atoms with E-state index in [2.05, 4.69) is 0 Å². The second-order valence-electron chi connectivity index (χ2n) is 4.08. The van der Waals surface area contributed by atoms with Gasteiger partial charge in [-0.15, -0.1) is 0 Å². The Balaban J connectivity index is 2.33. The second kappa shape index (κ2) is 2.92. The highest BCUT2D eigenvalue weighted by atomic mass is 19.4. The SMILES string of the molecule is FC(F)(F)[C@@H]1[C@H](C(F)(F)F)[C@@H]2C=C[C@@H]1C2. The van der Waals surface area contributed by atoms with Crippen molar-refractivity contribution in [1.29, 1.82) is 0 Å². The lowest BCUT2D eigenvalue weighted by Gasteiger charge is -2.31. The zero-order valence-corrected chi connectivity index (χ0v) is 7.44. The van der Waals surface area contributed by atoms with Crippen molar-refractivity contribution in [2.75, 3.05) is 0 Å². The average Bonchev–Trinajstić information content (AvgIpc) is 2.56. The molecule has 0 N–H and O–H groups in total. The van der Waals surface area contributed by atoms with E-state index in [1.54, 1.807) is 0 Å². The summed E-state index contributed by atoms with van der Waals surface area (Å²) in [6, 6.07) is 0. The first-order valence-electron chi connectivity index (χ1n) is 4.53. The zero-order valence-electron chi connectivity index (χ0n) is 7.44. The third-order valence-electron chi connectivity index (χ3n) is 3.22. The Labute approximate surface area is 82.0 Å². The van der Waals surface area contributed by atoms with E-state index in [4.69, 9.17) is 0 Å². The summed E-state index contributed by atoms with van der Waals surface area (Å²) >= 11 is 0. The van der Waals surface area contributed by atoms with Crippen LogP contribution >= 0.6 is 0 Å². The van der Waals surface area contributed by atoms with Gasteiger partial charge in [-0.05, 0) is 18.3 Å². The molecule has 4 atom stereocenters. The topological polar surface area (TPSA) is 0 Å². The van der Waals surface area contributed by atoms with Crippen LogP contribution in [0.1, 0.15) is 6.42 Å². The summed E-state index contributed by atoms with van der Waals surface area (Å²) in [6.45, 7) is 0. The molecule has 0 saturated heterocycles. The molecule has 2 bridgehead atoms. The third-order valence-corrected chi connectivity index (χ3v) is 3.22. The van der Waals surface area contributed by atoms with Crippen LogP contribution in [0.2, 0.25) is 0 Å². The fourth-order valence-electron chi connectivity index (χ4n) is 2.71. The van der Waals surface area contributed by atoms with Crippen LogP contribution in [0.5, 0.6) is 0 Å². The van der Waals surface area contributed by atoms with Gasteiger partial charge in [0.15, 0.2) is 0 Å². The number of fused-ring (bicyclic) bond motifs is 2. The van der Waals surface area contributed by atoms with Crippen LogP contribution in [0.25, 0.3) is 0 Å². The highest BCUT2D eigenvalue weighted by Crippen LogP contribution is 2.58. The summed E-state index contributed by atoms with van der Waals surface area (Å²) < 4.78 is 74.8. The molecule has 0 aromatic rings. The molecule has 0 spiro atoms. The molecule has 0 aliphatic heterocycles. The molecule has 86 valence electrons. The van der Waals surface area contributed by atoms with Crippen LogP contribution in [0, 0.1) is 23.7 Å². The van der Waals surface area contributed by atoms with Crippen LogP contribution in [0.15, 0.2) is 12.2 Å². The highest BCUT2D eigenvalue weighted by Gasteiger charge is 2.65. The summed E-state index contributed by atoms with van der Waals surface area (Å²) in [5.41, 5.74) is 0. The van der Waals surface area contributed by atoms with Crippen molar-refractivity contribution >= 4 is 0 Å². The van der Waals surface area contributed by atoms with Crippen molar-refractivity contribution in [2.24, 2.45) is 23.7 Å². The number of rotatable bonds is 0. The van der Waals surface area contributed by atoms with Gasteiger partial charge < -0.3 is 0 Å². The number of allylic oxidation sites excluding steroid dienone is 2. The van der Waals surface area contributed by atoms with E-state index in [1.165, 1.54) is 12.2 Å². The van der Waals surface area contributed by atoms with E-state index >= 15 is 0 Å². The van der Waals surface area contributed by atoms with E-state index in [0.29, 0.717) is 0 Å². The third kappa shape index (κ3) is 1.63. The second-order valence-corrected chi connectivity index (χ2v) is 4.08. The van der Waals surface area contributed by atoms with Gasteiger partial charge in [0.05, 0.1) is 11.8 Å². The first-order valence-corrected chi connectivity index (χ1v) is 4.53. The van der Waals surface area contributed by atoms with Crippen LogP contribution in [-0.2, 0) is 0 Å². The van der Waals surface area contributed by atoms with Gasteiger partial charge in [0, 0.05) is 0 Å². The number of hydrogen-bond acceptors (Lipinski definition) is 0. The van der Waals surface area contributed by atoms with Crippen molar-refractivity contribution in [2.45, 2.75) is 18.8 Å². The number of halogens is 6. The van der Waals surface area contributed by atoms with Crippen molar-refractivity contribution < 1.29 is 26.3 Å². The minimum atomic E-state index is -4.76. The first-order chi connectivity index (χ1) is 6.71. The molecule has 6 heteroatoms. The quantitative estimate of drug-likeness (QED) is 0.441. The Kier molecular flexibility index (Phi) is 2.11. The smallest absolute Gasteiger partial charge is 0.171 e. The molecule has 0 amide bonds. The molecule has 2 aliphatic rings. The van der Waals surface area contributed by atoms with Crippen LogP contribution in [-0.4, -0.2) is 12.4 Å². The number of alkyl halides is 6. The molecule has 0 unspecified atom stereocenters. The Hall–Kier alpha value is -0.680. The fourth-order valence-corrected chi connectivity index (χ4v) is 2.71. The van der Waals surface area contributed by atoms with Gasteiger partial charge >= 0.3 is 12.4 Å². The molecule has 1 saturated carbocycles. The molecule has 2 rings (SSSR count). The van der Waals surface area contributed by atoms with E-state index in [1.807, 2.05) is 0 Å². The molecule has 15 heavy (non-hydrogen) atoms. The molecule has 0 aromatic carbocycles. The lowest BCUT2D eigenvalue weighted by Crippen LogP contribution is -2.41. The Morgan fingerprint density at radius 1 is 0.733 bits per heavy atom. The van der Waals surface area contributed by atoms with Gasteiger partial charge in [-0.3, -0.25) is 0 Å². The van der Waals surface area contributed by atoms with Crippen molar-refractivity contribution in [3.63, 3.8) is 0 Å².